The Morgan fingerprint density at radius 1 is 0.702 bits per heavy atom. The van der Waals surface area contributed by atoms with Gasteiger partial charge in [-0.2, -0.15) is 0 Å². The summed E-state index contributed by atoms with van der Waals surface area (Å²) in [6.07, 6.45) is 3.27. The first-order valence-electron chi connectivity index (χ1n) is 30.5. The third kappa shape index (κ3) is 25.0. The van der Waals surface area contributed by atoms with Crippen LogP contribution in [-0.4, -0.2) is 206 Å². The summed E-state index contributed by atoms with van der Waals surface area (Å²) in [5, 5.41) is 53.4. The Hall–Kier alpha value is -10.4. The van der Waals surface area contributed by atoms with Crippen LogP contribution in [0.2, 0.25) is 0 Å². The summed E-state index contributed by atoms with van der Waals surface area (Å²) in [6, 6.07) is 1.08. The maximum Gasteiger partial charge on any atom is 0.407 e. The number of ether oxygens (including phenoxy) is 1. The second-order valence-corrected chi connectivity index (χ2v) is 23.3. The van der Waals surface area contributed by atoms with Gasteiger partial charge in [-0.15, -0.1) is 0 Å². The van der Waals surface area contributed by atoms with Crippen LogP contribution in [0.3, 0.4) is 0 Å². The molecule has 0 aliphatic carbocycles. The number of phenolic OH excluding ortho intramolecular Hbond substituents is 1. The summed E-state index contributed by atoms with van der Waals surface area (Å²) in [5.41, 5.74) is 23.4. The number of phenols is 1. The van der Waals surface area contributed by atoms with Crippen molar-refractivity contribution in [1.29, 1.82) is 0 Å². The number of nitrogens with one attached hydrogen (secondary N) is 11. The Kier molecular flexibility index (Phi) is 29.0. The van der Waals surface area contributed by atoms with Crippen molar-refractivity contribution < 1.29 is 77.6 Å². The molecule has 0 radical (unpaired) electrons. The molecule has 0 saturated carbocycles. The van der Waals surface area contributed by atoms with E-state index < -0.39 is 151 Å². The van der Waals surface area contributed by atoms with Gasteiger partial charge in [0.15, 0.2) is 5.96 Å². The molecule has 0 spiro atoms. The third-order valence-electron chi connectivity index (χ3n) is 14.7. The number of guanidine groups is 1. The molecule has 512 valence electrons. The Balaban J connectivity index is 1.36. The minimum atomic E-state index is -1.82. The van der Waals surface area contributed by atoms with Gasteiger partial charge < -0.3 is 106 Å². The fraction of sp³-hybridized carbons (Fsp3) is 0.500. The van der Waals surface area contributed by atoms with Gasteiger partial charge >= 0.3 is 12.1 Å². The highest BCUT2D eigenvalue weighted by molar-refractivity contribution is 5.99. The van der Waals surface area contributed by atoms with Crippen molar-refractivity contribution in [3.05, 3.63) is 84.1 Å². The van der Waals surface area contributed by atoms with Gasteiger partial charge in [-0.25, -0.2) is 9.78 Å². The van der Waals surface area contributed by atoms with E-state index in [1.807, 2.05) is 0 Å². The van der Waals surface area contributed by atoms with E-state index in [4.69, 9.17) is 27.7 Å². The lowest BCUT2D eigenvalue weighted by molar-refractivity contribution is -0.142. The second-order valence-electron chi connectivity index (χ2n) is 23.3. The number of carbonyl (C=O) groups is 12. The van der Waals surface area contributed by atoms with E-state index in [2.05, 4.69) is 67.8 Å². The van der Waals surface area contributed by atoms with E-state index in [1.165, 1.54) is 41.7 Å². The highest BCUT2D eigenvalue weighted by atomic mass is 16.6. The van der Waals surface area contributed by atoms with E-state index in [9.17, 15) is 72.9 Å². The number of para-hydroxylation sites is 1. The lowest BCUT2D eigenvalue weighted by atomic mass is 10.0. The number of hydrogen-bond donors (Lipinski definition) is 18. The molecule has 34 heteroatoms. The number of carbonyl (C=O) groups excluding carboxylic acids is 11. The SMILES string of the molecule is CC(C)(C)OC(=O)NCCCC[C@H](NC(=O)CNC(=O)[C@H](Cc1ccc(O)cc1)NC(=O)[C@H](CO)NC(=O)[C@H](Cc1c[nH]c2ccccc12)NC(=O)[C@H](Cc1cnc[nH]1)NC(=O)[C@@H](N)CCC(=O)O)C(=O)N[C@@H](CCCN=C(N)N)C(=O)N1CCC[C@H]1C(=O)NCC(N)=O. The Morgan fingerprint density at radius 3 is 1.98 bits per heavy atom. The van der Waals surface area contributed by atoms with Crippen LogP contribution >= 0.6 is 0 Å². The van der Waals surface area contributed by atoms with Crippen molar-refractivity contribution in [2.75, 3.05) is 39.3 Å². The number of primary amides is 1. The van der Waals surface area contributed by atoms with Gasteiger partial charge in [0, 0.05) is 74.3 Å². The minimum Gasteiger partial charge on any atom is -0.508 e. The molecular formula is C60H86N18O16. The van der Waals surface area contributed by atoms with Gasteiger partial charge in [0.1, 0.15) is 53.6 Å². The zero-order chi connectivity index (χ0) is 69.1. The van der Waals surface area contributed by atoms with Gasteiger partial charge in [0.25, 0.3) is 0 Å². The van der Waals surface area contributed by atoms with Crippen molar-refractivity contribution >= 4 is 88.0 Å². The van der Waals surface area contributed by atoms with Crippen LogP contribution in [-0.2, 0) is 76.7 Å². The average molecular weight is 1320 g/mol. The molecule has 1 fully saturated rings. The van der Waals surface area contributed by atoms with Crippen molar-refractivity contribution in [3.8, 4) is 5.75 Å². The molecule has 1 saturated heterocycles. The number of unbranched alkanes of at least 4 members (excludes halogenated alkanes) is 1. The fourth-order valence-electron chi connectivity index (χ4n) is 9.94. The number of aliphatic hydroxyl groups is 1. The number of imidazole rings is 1. The molecule has 8 atom stereocenters. The number of aliphatic imine (C=N–C) groups is 1. The number of likely N-dealkylation sites (tertiary alicyclic amines) is 1. The minimum absolute atomic E-state index is 0.0427. The molecule has 2 aromatic heterocycles. The predicted molar refractivity (Wildman–Crippen MR) is 338 cm³/mol. The number of aromatic nitrogens is 3. The summed E-state index contributed by atoms with van der Waals surface area (Å²) in [5.74, 6) is -10.4. The summed E-state index contributed by atoms with van der Waals surface area (Å²) in [4.78, 5) is 177. The van der Waals surface area contributed by atoms with Crippen molar-refractivity contribution in [1.82, 2.24) is 67.7 Å². The number of H-pyrrole nitrogens is 2. The monoisotopic (exact) mass is 1310 g/mol. The third-order valence-corrected chi connectivity index (χ3v) is 14.7. The molecule has 11 amide bonds. The van der Waals surface area contributed by atoms with Crippen LogP contribution in [0, 0.1) is 0 Å². The predicted octanol–water partition coefficient (Wildman–Crippen LogP) is -3.83. The number of aromatic amines is 2. The van der Waals surface area contributed by atoms with Crippen LogP contribution in [0.5, 0.6) is 5.75 Å². The first kappa shape index (κ1) is 74.3. The molecule has 94 heavy (non-hydrogen) atoms. The normalized spacial score (nSPS) is 15.0. The molecular weight excluding hydrogens is 1230 g/mol. The Labute approximate surface area is 540 Å². The van der Waals surface area contributed by atoms with Crippen LogP contribution in [0.4, 0.5) is 4.79 Å². The number of benzene rings is 2. The lowest BCUT2D eigenvalue weighted by Gasteiger charge is -2.30. The quantitative estimate of drug-likeness (QED) is 0.0117. The van der Waals surface area contributed by atoms with Gasteiger partial charge in [-0.3, -0.25) is 57.7 Å². The van der Waals surface area contributed by atoms with Gasteiger partial charge in [0.2, 0.25) is 59.1 Å². The molecule has 0 unspecified atom stereocenters. The molecule has 0 bridgehead atoms. The van der Waals surface area contributed by atoms with Gasteiger partial charge in [-0.1, -0.05) is 30.3 Å². The van der Waals surface area contributed by atoms with E-state index >= 15 is 0 Å². The smallest absolute Gasteiger partial charge is 0.407 e. The average Bonchev–Trinajstić information content (AvgIpc) is 1.64. The lowest BCUT2D eigenvalue weighted by Crippen LogP contribution is -2.60. The molecule has 5 rings (SSSR count). The topological polar surface area (TPSA) is 547 Å². The number of carboxylic acid groups (broad SMARTS) is 1. The number of alkyl carbamates (subject to hydrolysis) is 1. The number of aliphatic hydroxyl groups excluding tert-OH is 1. The molecule has 4 aromatic rings. The first-order chi connectivity index (χ1) is 44.6. The second kappa shape index (κ2) is 36.6. The Bertz CT molecular complexity index is 3290. The number of rotatable bonds is 37. The van der Waals surface area contributed by atoms with E-state index in [0.29, 0.717) is 34.1 Å². The summed E-state index contributed by atoms with van der Waals surface area (Å²) in [7, 11) is 0. The summed E-state index contributed by atoms with van der Waals surface area (Å²) in [6.45, 7) is 2.92. The fourth-order valence-corrected chi connectivity index (χ4v) is 9.94. The van der Waals surface area contributed by atoms with E-state index in [0.717, 1.165) is 0 Å². The number of aliphatic carboxylic acids is 1. The summed E-state index contributed by atoms with van der Waals surface area (Å²) < 4.78 is 5.30. The Morgan fingerprint density at radius 2 is 1.33 bits per heavy atom. The molecule has 34 nitrogen and oxygen atoms in total. The van der Waals surface area contributed by atoms with Gasteiger partial charge in [-0.05, 0) is 101 Å². The molecule has 3 heterocycles. The molecule has 2 aromatic carbocycles. The van der Waals surface area contributed by atoms with Gasteiger partial charge in [0.05, 0.1) is 32.1 Å². The highest BCUT2D eigenvalue weighted by Crippen LogP contribution is 2.22. The molecule has 1 aliphatic rings. The number of carboxylic acids is 1. The van der Waals surface area contributed by atoms with Crippen molar-refractivity contribution in [2.24, 2.45) is 27.9 Å². The van der Waals surface area contributed by atoms with Crippen LogP contribution in [0.1, 0.15) is 95.4 Å². The number of hydrogen-bond acceptors (Lipinski definition) is 18. The number of nitrogens with zero attached hydrogens (tertiary/aromatic N) is 3. The van der Waals surface area contributed by atoms with E-state index in [1.54, 1.807) is 51.2 Å². The first-order valence-corrected chi connectivity index (χ1v) is 30.5. The molecule has 22 N–H and O–H groups in total. The standard InChI is InChI=1S/C60H86N18O16/c1-60(2,3)94-59(93)67-21-7-6-12-40(52(87)73-41(13-8-22-66-58(63)64)57(92)78-23-9-14-46(78)56(91)69-29-47(62)81)72-48(82)30-70-51(86)42(24-33-15-17-36(80)18-16-33)75-55(90)45(31-79)77-53(88)43(25-34-27-68-39-11-5-4-10-37(34)39)76-54(89)44(26-35-28-65-32-71-35)74-50(85)38(61)19-20-49(83)84/h4-5,10-11,15-18,27-28,32,38,40-46,68,79-80H,6-9,12-14,19-26,29-31,61H2,1-3H3,(H2,62,81)(H,65,71)(H,67,93)(H,69,91)(H,70,86)(H,72,82)(H,73,87)(H,74,85)(H,75,90)(H,76,89)(H,77,88)(H,83,84)(H4,63,64,66)/t38-,40-,41-,42-,43-,44-,45-,46-/m0/s1. The summed E-state index contributed by atoms with van der Waals surface area (Å²) >= 11 is 0. The van der Waals surface area contributed by atoms with Crippen LogP contribution in [0.15, 0.2) is 72.2 Å². The van der Waals surface area contributed by atoms with E-state index in [-0.39, 0.29) is 95.6 Å². The number of aromatic hydroxyl groups is 1. The maximum absolute atomic E-state index is 14.5. The molecule has 1 aliphatic heterocycles. The van der Waals surface area contributed by atoms with Crippen LogP contribution < -0.4 is 70.8 Å². The zero-order valence-corrected chi connectivity index (χ0v) is 52.5. The van der Waals surface area contributed by atoms with Crippen molar-refractivity contribution in [3.63, 3.8) is 0 Å². The zero-order valence-electron chi connectivity index (χ0n) is 52.5. The number of nitrogens with two attached hydrogens (primary N) is 4. The number of fused-ring (bicyclic) bond motifs is 1. The number of amides is 11. The van der Waals surface area contributed by atoms with Crippen LogP contribution in [0.25, 0.3) is 10.9 Å². The maximum atomic E-state index is 14.5. The largest absolute Gasteiger partial charge is 0.508 e. The highest BCUT2D eigenvalue weighted by Gasteiger charge is 2.39. The van der Waals surface area contributed by atoms with Crippen molar-refractivity contribution in [2.45, 2.75) is 152 Å².